The summed E-state index contributed by atoms with van der Waals surface area (Å²) < 4.78 is 23.7. The molecule has 1 N–H and O–H groups in total. The van der Waals surface area contributed by atoms with E-state index in [0.29, 0.717) is 0 Å². The third kappa shape index (κ3) is 6.60. The Labute approximate surface area is 182 Å². The molecule has 0 spiro atoms. The van der Waals surface area contributed by atoms with Crippen molar-refractivity contribution in [1.29, 1.82) is 0 Å². The molecule has 0 radical (unpaired) electrons. The number of nitrogens with one attached hydrogen (secondary N) is 1. The van der Waals surface area contributed by atoms with Crippen LogP contribution in [0.15, 0.2) is 47.4 Å². The average molecular weight is 446 g/mol. The van der Waals surface area contributed by atoms with Crippen LogP contribution >= 0.6 is 0 Å². The molecule has 2 aromatic carbocycles. The van der Waals surface area contributed by atoms with Gasteiger partial charge >= 0.3 is 0 Å². The third-order valence-electron chi connectivity index (χ3n) is 5.34. The molecule has 0 aliphatic carbocycles. The van der Waals surface area contributed by atoms with Gasteiger partial charge in [0.05, 0.1) is 9.82 Å². The number of non-ortho nitro benzene ring substituents is 1. The standard InChI is InChI=1S/C22H27N3O5S/c1-31(29,30)21-13-19(12-20(14-21)25(27)28)22(26)23-15-17-7-6-8-18(11-17)16-24-9-4-2-3-5-10-24/h6-8,11-14H,2-5,9-10,15-16H2,1H3,(H,23,26). The summed E-state index contributed by atoms with van der Waals surface area (Å²) in [6, 6.07) is 11.2. The van der Waals surface area contributed by atoms with Gasteiger partial charge in [0, 0.05) is 37.0 Å². The molecule has 9 heteroatoms. The molecule has 1 fully saturated rings. The lowest BCUT2D eigenvalue weighted by Crippen LogP contribution is -2.25. The SMILES string of the molecule is CS(=O)(=O)c1cc(C(=O)NCc2cccc(CN3CCCCCC3)c2)cc([N+](=O)[O-])c1. The maximum atomic E-state index is 12.6. The third-order valence-corrected chi connectivity index (χ3v) is 6.43. The second-order valence-electron chi connectivity index (χ2n) is 7.94. The second-order valence-corrected chi connectivity index (χ2v) is 9.95. The van der Waals surface area contributed by atoms with Gasteiger partial charge < -0.3 is 5.32 Å². The van der Waals surface area contributed by atoms with Crippen LogP contribution in [0.2, 0.25) is 0 Å². The largest absolute Gasteiger partial charge is 0.348 e. The molecule has 1 saturated heterocycles. The molecule has 0 unspecified atom stereocenters. The van der Waals surface area contributed by atoms with Crippen molar-refractivity contribution >= 4 is 21.4 Å². The van der Waals surface area contributed by atoms with Crippen LogP contribution < -0.4 is 5.32 Å². The molecule has 0 saturated carbocycles. The summed E-state index contributed by atoms with van der Waals surface area (Å²) in [6.07, 6.45) is 5.94. The molecule has 1 amide bonds. The van der Waals surface area contributed by atoms with Gasteiger partial charge in [0.25, 0.3) is 11.6 Å². The fourth-order valence-electron chi connectivity index (χ4n) is 3.71. The molecule has 0 atom stereocenters. The van der Waals surface area contributed by atoms with E-state index in [0.717, 1.165) is 49.7 Å². The minimum atomic E-state index is -3.69. The minimum Gasteiger partial charge on any atom is -0.348 e. The highest BCUT2D eigenvalue weighted by molar-refractivity contribution is 7.90. The first kappa shape index (κ1) is 22.9. The molecule has 1 heterocycles. The van der Waals surface area contributed by atoms with Crippen LogP contribution in [-0.2, 0) is 22.9 Å². The smallest absolute Gasteiger partial charge is 0.271 e. The Morgan fingerprint density at radius 2 is 1.74 bits per heavy atom. The number of hydrogen-bond donors (Lipinski definition) is 1. The van der Waals surface area contributed by atoms with Crippen molar-refractivity contribution in [3.63, 3.8) is 0 Å². The average Bonchev–Trinajstić information content (AvgIpc) is 3.00. The Balaban J connectivity index is 1.69. The Kier molecular flexibility index (Phi) is 7.40. The number of likely N-dealkylation sites (tertiary alicyclic amines) is 1. The fraction of sp³-hybridized carbons (Fsp3) is 0.409. The second kappa shape index (κ2) is 10.0. The van der Waals surface area contributed by atoms with E-state index < -0.39 is 26.4 Å². The van der Waals surface area contributed by atoms with Crippen molar-refractivity contribution in [2.45, 2.75) is 43.7 Å². The first-order chi connectivity index (χ1) is 14.7. The zero-order valence-electron chi connectivity index (χ0n) is 17.5. The van der Waals surface area contributed by atoms with Gasteiger partial charge in [-0.1, -0.05) is 37.1 Å². The normalized spacial score (nSPS) is 15.3. The van der Waals surface area contributed by atoms with Crippen LogP contribution in [-0.4, -0.2) is 43.5 Å². The molecule has 3 rings (SSSR count). The van der Waals surface area contributed by atoms with Crippen LogP contribution in [0.1, 0.15) is 47.2 Å². The van der Waals surface area contributed by atoms with Crippen molar-refractivity contribution in [1.82, 2.24) is 10.2 Å². The maximum absolute atomic E-state index is 12.6. The Hall–Kier alpha value is -2.78. The first-order valence-corrected chi connectivity index (χ1v) is 12.2. The van der Waals surface area contributed by atoms with Gasteiger partial charge in [-0.05, 0) is 43.1 Å². The maximum Gasteiger partial charge on any atom is 0.271 e. The van der Waals surface area contributed by atoms with Gasteiger partial charge in [-0.15, -0.1) is 0 Å². The molecule has 1 aliphatic heterocycles. The van der Waals surface area contributed by atoms with Crippen LogP contribution in [0.5, 0.6) is 0 Å². The van der Waals surface area contributed by atoms with Crippen molar-refractivity contribution < 1.29 is 18.1 Å². The monoisotopic (exact) mass is 445 g/mol. The number of nitro benzene ring substituents is 1. The molecule has 0 aromatic heterocycles. The number of amides is 1. The van der Waals surface area contributed by atoms with E-state index in [-0.39, 0.29) is 17.0 Å². The van der Waals surface area contributed by atoms with E-state index in [2.05, 4.69) is 16.3 Å². The van der Waals surface area contributed by atoms with Gasteiger partial charge in [-0.25, -0.2) is 8.42 Å². The number of rotatable bonds is 7. The van der Waals surface area contributed by atoms with Crippen molar-refractivity contribution in [2.75, 3.05) is 19.3 Å². The topological polar surface area (TPSA) is 110 Å². The molecule has 166 valence electrons. The number of sulfone groups is 1. The highest BCUT2D eigenvalue weighted by atomic mass is 32.2. The number of benzene rings is 2. The molecule has 1 aliphatic rings. The summed E-state index contributed by atoms with van der Waals surface area (Å²) in [4.78, 5) is 25.2. The summed E-state index contributed by atoms with van der Waals surface area (Å²) in [5.74, 6) is -0.563. The van der Waals surface area contributed by atoms with Crippen LogP contribution in [0.25, 0.3) is 0 Å². The summed E-state index contributed by atoms with van der Waals surface area (Å²) in [5.41, 5.74) is 1.58. The summed E-state index contributed by atoms with van der Waals surface area (Å²) in [5, 5.41) is 13.9. The zero-order chi connectivity index (χ0) is 22.4. The van der Waals surface area contributed by atoms with Crippen LogP contribution in [0.3, 0.4) is 0 Å². The Morgan fingerprint density at radius 1 is 1.06 bits per heavy atom. The molecular formula is C22H27N3O5S. The van der Waals surface area contributed by atoms with Gasteiger partial charge in [-0.2, -0.15) is 0 Å². The molecule has 2 aromatic rings. The predicted molar refractivity (Wildman–Crippen MR) is 118 cm³/mol. The van der Waals surface area contributed by atoms with Gasteiger partial charge in [-0.3, -0.25) is 19.8 Å². The number of hydrogen-bond acceptors (Lipinski definition) is 6. The van der Waals surface area contributed by atoms with E-state index in [1.54, 1.807) is 0 Å². The summed E-state index contributed by atoms with van der Waals surface area (Å²) in [6.45, 7) is 3.29. The molecule has 31 heavy (non-hydrogen) atoms. The van der Waals surface area contributed by atoms with Crippen LogP contribution in [0, 0.1) is 10.1 Å². The predicted octanol–water partition coefficient (Wildman–Crippen LogP) is 3.30. The van der Waals surface area contributed by atoms with Crippen molar-refractivity contribution in [3.05, 3.63) is 69.3 Å². The van der Waals surface area contributed by atoms with Crippen molar-refractivity contribution in [3.8, 4) is 0 Å². The zero-order valence-corrected chi connectivity index (χ0v) is 18.4. The Bertz CT molecular complexity index is 1060. The minimum absolute atomic E-state index is 0.0599. The van der Waals surface area contributed by atoms with E-state index in [4.69, 9.17) is 0 Å². The number of carbonyl (C=O) groups excluding carboxylic acids is 1. The number of nitro groups is 1. The molecule has 0 bridgehead atoms. The number of nitrogens with zero attached hydrogens (tertiary/aromatic N) is 2. The molecular weight excluding hydrogens is 418 g/mol. The quantitative estimate of drug-likeness (QED) is 0.517. The van der Waals surface area contributed by atoms with Gasteiger partial charge in [0.15, 0.2) is 9.84 Å². The van der Waals surface area contributed by atoms with E-state index >= 15 is 0 Å². The lowest BCUT2D eigenvalue weighted by molar-refractivity contribution is -0.385. The fourth-order valence-corrected chi connectivity index (χ4v) is 4.38. The van der Waals surface area contributed by atoms with Gasteiger partial charge in [0.1, 0.15) is 0 Å². The van der Waals surface area contributed by atoms with Crippen molar-refractivity contribution in [2.24, 2.45) is 0 Å². The summed E-state index contributed by atoms with van der Waals surface area (Å²) >= 11 is 0. The lowest BCUT2D eigenvalue weighted by atomic mass is 10.1. The first-order valence-electron chi connectivity index (χ1n) is 10.3. The lowest BCUT2D eigenvalue weighted by Gasteiger charge is -2.20. The highest BCUT2D eigenvalue weighted by Crippen LogP contribution is 2.21. The number of carbonyl (C=O) groups is 1. The van der Waals surface area contributed by atoms with E-state index in [9.17, 15) is 23.3 Å². The Morgan fingerprint density at radius 3 is 2.39 bits per heavy atom. The van der Waals surface area contributed by atoms with Crippen LogP contribution in [0.4, 0.5) is 5.69 Å². The van der Waals surface area contributed by atoms with E-state index in [1.165, 1.54) is 31.2 Å². The highest BCUT2D eigenvalue weighted by Gasteiger charge is 2.19. The van der Waals surface area contributed by atoms with Gasteiger partial charge in [0.2, 0.25) is 0 Å². The molecule has 8 nitrogen and oxygen atoms in total. The summed E-state index contributed by atoms with van der Waals surface area (Å²) in [7, 11) is -3.69. The van der Waals surface area contributed by atoms with E-state index in [1.807, 2.05) is 18.2 Å².